The molecule has 0 fully saturated rings. The summed E-state index contributed by atoms with van der Waals surface area (Å²) in [6, 6.07) is 14.9. The molecule has 0 aliphatic rings. The molecule has 118 valence electrons. The smallest absolute Gasteiger partial charge is 0.204 e. The summed E-state index contributed by atoms with van der Waals surface area (Å²) >= 11 is 12.1. The lowest BCUT2D eigenvalue weighted by Gasteiger charge is -2.06. The molecule has 0 amide bonds. The van der Waals surface area contributed by atoms with Crippen LogP contribution in [0.4, 0.5) is 0 Å². The monoisotopic (exact) mass is 355 g/mol. The molecule has 0 N–H and O–H groups in total. The molecule has 0 saturated heterocycles. The van der Waals surface area contributed by atoms with E-state index in [1.807, 2.05) is 36.4 Å². The zero-order chi connectivity index (χ0) is 16.5. The second-order valence-electron chi connectivity index (χ2n) is 5.26. The van der Waals surface area contributed by atoms with Crippen LogP contribution in [0.5, 0.6) is 0 Å². The number of benzene rings is 2. The van der Waals surface area contributed by atoms with Crippen molar-refractivity contribution in [1.29, 1.82) is 0 Å². The van der Waals surface area contributed by atoms with Gasteiger partial charge in [0.1, 0.15) is 0 Å². The number of hydrogen-bond donors (Lipinski definition) is 0. The van der Waals surface area contributed by atoms with Gasteiger partial charge in [0.2, 0.25) is 5.82 Å². The highest BCUT2D eigenvalue weighted by Crippen LogP contribution is 2.25. The number of nitrogens with zero attached hydrogens (tertiary/aromatic N) is 5. The molecule has 0 aliphatic carbocycles. The molecule has 0 bridgehead atoms. The predicted octanol–water partition coefficient (Wildman–Crippen LogP) is 4.24. The van der Waals surface area contributed by atoms with Crippen molar-refractivity contribution >= 4 is 34.1 Å². The standard InChI is InChI=1S/C17H11Cl2N5/c18-13-6-3-11(4-7-13)17-21-23-24(22-17)10-12-5-8-15(19)14-2-1-9-20-16(12)14/h1-9H,10H2. The quantitative estimate of drug-likeness (QED) is 0.551. The fourth-order valence-corrected chi connectivity index (χ4v) is 2.84. The van der Waals surface area contributed by atoms with Crippen LogP contribution in [0.1, 0.15) is 5.56 Å². The molecule has 24 heavy (non-hydrogen) atoms. The van der Waals surface area contributed by atoms with Gasteiger partial charge in [-0.3, -0.25) is 4.98 Å². The number of hydrogen-bond acceptors (Lipinski definition) is 4. The van der Waals surface area contributed by atoms with Crippen LogP contribution in [0, 0.1) is 0 Å². The fraction of sp³-hybridized carbons (Fsp3) is 0.0588. The second kappa shape index (κ2) is 6.19. The molecule has 0 spiro atoms. The summed E-state index contributed by atoms with van der Waals surface area (Å²) in [5.74, 6) is 0.554. The molecule has 0 aliphatic heterocycles. The first kappa shape index (κ1) is 15.1. The van der Waals surface area contributed by atoms with Crippen molar-refractivity contribution in [3.8, 4) is 11.4 Å². The van der Waals surface area contributed by atoms with E-state index < -0.39 is 0 Å². The van der Waals surface area contributed by atoms with Crippen molar-refractivity contribution in [2.45, 2.75) is 6.54 Å². The lowest BCUT2D eigenvalue weighted by Crippen LogP contribution is -2.05. The molecule has 0 unspecified atom stereocenters. The van der Waals surface area contributed by atoms with E-state index in [9.17, 15) is 0 Å². The van der Waals surface area contributed by atoms with Crippen LogP contribution in [0.2, 0.25) is 10.0 Å². The SMILES string of the molecule is Clc1ccc(-c2nnn(Cc3ccc(Cl)c4cccnc34)n2)cc1. The van der Waals surface area contributed by atoms with Crippen LogP contribution < -0.4 is 0 Å². The summed E-state index contributed by atoms with van der Waals surface area (Å²) in [7, 11) is 0. The number of halogens is 2. The third kappa shape index (κ3) is 2.84. The van der Waals surface area contributed by atoms with Crippen molar-refractivity contribution in [1.82, 2.24) is 25.2 Å². The van der Waals surface area contributed by atoms with Crippen molar-refractivity contribution in [3.63, 3.8) is 0 Å². The van der Waals surface area contributed by atoms with E-state index in [4.69, 9.17) is 23.2 Å². The van der Waals surface area contributed by atoms with Gasteiger partial charge in [-0.2, -0.15) is 4.80 Å². The van der Waals surface area contributed by atoms with E-state index in [2.05, 4.69) is 20.4 Å². The van der Waals surface area contributed by atoms with E-state index >= 15 is 0 Å². The zero-order valence-corrected chi connectivity index (χ0v) is 13.9. The molecule has 4 rings (SSSR count). The summed E-state index contributed by atoms with van der Waals surface area (Å²) < 4.78 is 0. The van der Waals surface area contributed by atoms with Crippen molar-refractivity contribution in [2.24, 2.45) is 0 Å². The highest BCUT2D eigenvalue weighted by atomic mass is 35.5. The maximum atomic E-state index is 6.23. The van der Waals surface area contributed by atoms with Gasteiger partial charge in [-0.05, 0) is 47.7 Å². The molecule has 2 aromatic heterocycles. The highest BCUT2D eigenvalue weighted by molar-refractivity contribution is 6.35. The number of aromatic nitrogens is 5. The summed E-state index contributed by atoms with van der Waals surface area (Å²) in [4.78, 5) is 5.97. The summed E-state index contributed by atoms with van der Waals surface area (Å²) in [5.41, 5.74) is 2.69. The van der Waals surface area contributed by atoms with Crippen LogP contribution in [0.25, 0.3) is 22.3 Å². The summed E-state index contributed by atoms with van der Waals surface area (Å²) in [6.07, 6.45) is 1.75. The Hall–Kier alpha value is -2.50. The molecule has 0 atom stereocenters. The number of pyridine rings is 1. The molecule has 0 radical (unpaired) electrons. The number of tetrazole rings is 1. The van der Waals surface area contributed by atoms with Gasteiger partial charge >= 0.3 is 0 Å². The Balaban J connectivity index is 1.67. The summed E-state index contributed by atoms with van der Waals surface area (Å²) in [6.45, 7) is 0.464. The van der Waals surface area contributed by atoms with Gasteiger partial charge in [-0.25, -0.2) is 0 Å². The first-order valence-corrected chi connectivity index (χ1v) is 8.02. The Morgan fingerprint density at radius 3 is 2.62 bits per heavy atom. The second-order valence-corrected chi connectivity index (χ2v) is 6.10. The van der Waals surface area contributed by atoms with E-state index in [1.165, 1.54) is 0 Å². The van der Waals surface area contributed by atoms with E-state index in [0.29, 0.717) is 22.4 Å². The maximum Gasteiger partial charge on any atom is 0.204 e. The maximum absolute atomic E-state index is 6.23. The topological polar surface area (TPSA) is 56.5 Å². The number of rotatable bonds is 3. The van der Waals surface area contributed by atoms with Gasteiger partial charge in [-0.15, -0.1) is 10.2 Å². The molecule has 5 nitrogen and oxygen atoms in total. The van der Waals surface area contributed by atoms with Gasteiger partial charge < -0.3 is 0 Å². The lowest BCUT2D eigenvalue weighted by molar-refractivity contribution is 0.574. The van der Waals surface area contributed by atoms with E-state index in [0.717, 1.165) is 22.0 Å². The van der Waals surface area contributed by atoms with Gasteiger partial charge in [0.05, 0.1) is 12.1 Å². The van der Waals surface area contributed by atoms with E-state index in [1.54, 1.807) is 23.1 Å². The molecule has 7 heteroatoms. The minimum absolute atomic E-state index is 0.464. The van der Waals surface area contributed by atoms with Crippen molar-refractivity contribution < 1.29 is 0 Å². The van der Waals surface area contributed by atoms with Crippen molar-refractivity contribution in [2.75, 3.05) is 0 Å². The average molecular weight is 356 g/mol. The molecule has 2 heterocycles. The van der Waals surface area contributed by atoms with Crippen molar-refractivity contribution in [3.05, 3.63) is 70.3 Å². The molecular weight excluding hydrogens is 345 g/mol. The Kier molecular flexibility index (Phi) is 3.88. The third-order valence-electron chi connectivity index (χ3n) is 3.67. The fourth-order valence-electron chi connectivity index (χ4n) is 2.50. The Morgan fingerprint density at radius 1 is 0.958 bits per heavy atom. The predicted molar refractivity (Wildman–Crippen MR) is 94.1 cm³/mol. The van der Waals surface area contributed by atoms with Crippen LogP contribution >= 0.6 is 23.2 Å². The van der Waals surface area contributed by atoms with Gasteiger partial charge in [0, 0.05) is 32.8 Å². The third-order valence-corrected chi connectivity index (χ3v) is 4.25. The average Bonchev–Trinajstić information content (AvgIpc) is 3.07. The number of fused-ring (bicyclic) bond motifs is 1. The minimum Gasteiger partial charge on any atom is -0.256 e. The zero-order valence-electron chi connectivity index (χ0n) is 12.4. The first-order chi connectivity index (χ1) is 11.7. The largest absolute Gasteiger partial charge is 0.256 e. The van der Waals surface area contributed by atoms with E-state index in [-0.39, 0.29) is 0 Å². The Labute approximate surface area is 147 Å². The van der Waals surface area contributed by atoms with Crippen LogP contribution in [-0.4, -0.2) is 25.2 Å². The van der Waals surface area contributed by atoms with Crippen LogP contribution in [-0.2, 0) is 6.54 Å². The van der Waals surface area contributed by atoms with Crippen LogP contribution in [0.3, 0.4) is 0 Å². The Morgan fingerprint density at radius 2 is 1.79 bits per heavy atom. The minimum atomic E-state index is 0.464. The Bertz CT molecular complexity index is 1010. The van der Waals surface area contributed by atoms with Gasteiger partial charge in [0.15, 0.2) is 0 Å². The lowest BCUT2D eigenvalue weighted by atomic mass is 10.1. The first-order valence-electron chi connectivity index (χ1n) is 7.26. The summed E-state index contributed by atoms with van der Waals surface area (Å²) in [5, 5.41) is 14.9. The van der Waals surface area contributed by atoms with Crippen LogP contribution in [0.15, 0.2) is 54.7 Å². The highest BCUT2D eigenvalue weighted by Gasteiger charge is 2.10. The molecular formula is C17H11Cl2N5. The normalized spacial score (nSPS) is 11.1. The molecule has 0 saturated carbocycles. The van der Waals surface area contributed by atoms with Gasteiger partial charge in [0.25, 0.3) is 0 Å². The molecule has 4 aromatic rings. The molecule has 2 aromatic carbocycles. The van der Waals surface area contributed by atoms with Gasteiger partial charge in [-0.1, -0.05) is 29.3 Å².